The Morgan fingerprint density at radius 2 is 1.76 bits per heavy atom. The van der Waals surface area contributed by atoms with Crippen LogP contribution in [0.3, 0.4) is 0 Å². The molecule has 2 aromatic carbocycles. The van der Waals surface area contributed by atoms with Gasteiger partial charge in [-0.25, -0.2) is 13.4 Å². The number of benzene rings is 2. The van der Waals surface area contributed by atoms with E-state index < -0.39 is 10.0 Å². The summed E-state index contributed by atoms with van der Waals surface area (Å²) in [7, 11) is -3.64. The molecule has 0 aliphatic heterocycles. The Labute approximate surface area is 226 Å². The molecular weight excluding hydrogens is 528 g/mol. The molecule has 7 nitrogen and oxygen atoms in total. The van der Waals surface area contributed by atoms with E-state index in [2.05, 4.69) is 4.98 Å². The molecule has 10 heteroatoms. The number of rotatable bonds is 10. The first-order valence-electron chi connectivity index (χ1n) is 12.1. The number of halogens is 1. The van der Waals surface area contributed by atoms with Crippen LogP contribution in [0.4, 0.5) is 5.13 Å². The van der Waals surface area contributed by atoms with E-state index >= 15 is 0 Å². The lowest BCUT2D eigenvalue weighted by molar-refractivity contribution is 0.0985. The number of pyridine rings is 1. The molecule has 0 saturated carbocycles. The molecule has 0 spiro atoms. The van der Waals surface area contributed by atoms with E-state index in [0.717, 1.165) is 34.2 Å². The monoisotopic (exact) mass is 556 g/mol. The van der Waals surface area contributed by atoms with Gasteiger partial charge < -0.3 is 0 Å². The smallest absolute Gasteiger partial charge is 0.260 e. The second-order valence-electron chi connectivity index (χ2n) is 8.75. The SMILES string of the molecule is CCCN(CCC)S(=O)(=O)c1ccc(C(=O)N(Cc2cccnc2)c2nc3c(C)cc(Cl)cc3s2)cc1. The summed E-state index contributed by atoms with van der Waals surface area (Å²) in [5.41, 5.74) is 2.94. The summed E-state index contributed by atoms with van der Waals surface area (Å²) in [5.74, 6) is -0.283. The third-order valence-corrected chi connectivity index (χ3v) is 9.02. The quantitative estimate of drug-likeness (QED) is 0.228. The maximum absolute atomic E-state index is 13.8. The molecule has 0 bridgehead atoms. The number of aryl methyl sites for hydroxylation is 1. The molecule has 0 aliphatic carbocycles. The highest BCUT2D eigenvalue weighted by Crippen LogP contribution is 2.34. The van der Waals surface area contributed by atoms with E-state index in [1.807, 2.05) is 45.0 Å². The van der Waals surface area contributed by atoms with Crippen molar-refractivity contribution in [3.8, 4) is 0 Å². The van der Waals surface area contributed by atoms with Crippen LogP contribution in [-0.4, -0.2) is 41.7 Å². The van der Waals surface area contributed by atoms with E-state index in [1.54, 1.807) is 29.4 Å². The minimum absolute atomic E-state index is 0.176. The summed E-state index contributed by atoms with van der Waals surface area (Å²) < 4.78 is 28.7. The van der Waals surface area contributed by atoms with Crippen LogP contribution in [0.5, 0.6) is 0 Å². The molecule has 37 heavy (non-hydrogen) atoms. The second-order valence-corrected chi connectivity index (χ2v) is 12.1. The number of sulfonamides is 1. The average molecular weight is 557 g/mol. The molecule has 0 unspecified atom stereocenters. The standard InChI is InChI=1S/C27H29ClN4O3S2/c1-4-13-31(14-5-2)37(34,35)23-10-8-21(9-11-23)26(33)32(18-20-7-6-12-29-17-20)27-30-25-19(3)15-22(28)16-24(25)36-27/h6-12,15-17H,4-5,13-14,18H2,1-3H3. The fourth-order valence-electron chi connectivity index (χ4n) is 4.08. The number of thiazole rings is 1. The van der Waals surface area contributed by atoms with Gasteiger partial charge in [0.1, 0.15) is 0 Å². The zero-order valence-electron chi connectivity index (χ0n) is 21.0. The predicted octanol–water partition coefficient (Wildman–Crippen LogP) is 6.31. The van der Waals surface area contributed by atoms with E-state index in [9.17, 15) is 13.2 Å². The van der Waals surface area contributed by atoms with Crippen molar-refractivity contribution in [2.75, 3.05) is 18.0 Å². The number of aromatic nitrogens is 2. The summed E-state index contributed by atoms with van der Waals surface area (Å²) in [6.45, 7) is 7.01. The Hall–Kier alpha value is -2.85. The molecule has 0 radical (unpaired) electrons. The van der Waals surface area contributed by atoms with Crippen LogP contribution in [0.1, 0.15) is 48.2 Å². The summed E-state index contributed by atoms with van der Waals surface area (Å²) in [6.07, 6.45) is 4.84. The van der Waals surface area contributed by atoms with Gasteiger partial charge in [-0.15, -0.1) is 0 Å². The van der Waals surface area contributed by atoms with Crippen molar-refractivity contribution in [1.82, 2.24) is 14.3 Å². The molecule has 0 N–H and O–H groups in total. The van der Waals surface area contributed by atoms with Crippen LogP contribution in [0.2, 0.25) is 5.02 Å². The molecule has 0 atom stereocenters. The lowest BCUT2D eigenvalue weighted by atomic mass is 10.2. The molecular formula is C27H29ClN4O3S2. The topological polar surface area (TPSA) is 83.5 Å². The summed E-state index contributed by atoms with van der Waals surface area (Å²) in [6, 6.07) is 13.5. The lowest BCUT2D eigenvalue weighted by Gasteiger charge is -2.22. The minimum atomic E-state index is -3.64. The largest absolute Gasteiger partial charge is 0.279 e. The van der Waals surface area contributed by atoms with Crippen molar-refractivity contribution in [2.24, 2.45) is 0 Å². The highest BCUT2D eigenvalue weighted by atomic mass is 35.5. The Balaban J connectivity index is 1.70. The van der Waals surface area contributed by atoms with Crippen LogP contribution in [-0.2, 0) is 16.6 Å². The highest BCUT2D eigenvalue weighted by Gasteiger charge is 2.26. The number of hydrogen-bond donors (Lipinski definition) is 0. The van der Waals surface area contributed by atoms with Gasteiger partial charge in [-0.1, -0.05) is 42.9 Å². The van der Waals surface area contributed by atoms with Gasteiger partial charge in [-0.05, 0) is 73.4 Å². The Kier molecular flexibility index (Phi) is 8.59. The lowest BCUT2D eigenvalue weighted by Crippen LogP contribution is -2.33. The number of amides is 1. The van der Waals surface area contributed by atoms with Gasteiger partial charge in [0.2, 0.25) is 10.0 Å². The van der Waals surface area contributed by atoms with E-state index in [4.69, 9.17) is 16.6 Å². The fourth-order valence-corrected chi connectivity index (χ4v) is 7.13. The summed E-state index contributed by atoms with van der Waals surface area (Å²) >= 11 is 7.64. The average Bonchev–Trinajstić information content (AvgIpc) is 3.31. The first-order chi connectivity index (χ1) is 17.7. The minimum Gasteiger partial charge on any atom is -0.279 e. The molecule has 2 heterocycles. The maximum Gasteiger partial charge on any atom is 0.260 e. The molecule has 194 valence electrons. The van der Waals surface area contributed by atoms with Crippen molar-refractivity contribution >= 4 is 54.2 Å². The first kappa shape index (κ1) is 27.2. The Morgan fingerprint density at radius 1 is 1.05 bits per heavy atom. The fraction of sp³-hybridized carbons (Fsp3) is 0.296. The van der Waals surface area contributed by atoms with Gasteiger partial charge in [0.05, 0.1) is 21.7 Å². The van der Waals surface area contributed by atoms with Crippen LogP contribution in [0, 0.1) is 6.92 Å². The van der Waals surface area contributed by atoms with E-state index in [-0.39, 0.29) is 17.3 Å². The zero-order chi connectivity index (χ0) is 26.6. The molecule has 0 aliphatic rings. The van der Waals surface area contributed by atoms with Gasteiger partial charge in [0.25, 0.3) is 5.91 Å². The molecule has 4 aromatic rings. The summed E-state index contributed by atoms with van der Waals surface area (Å²) in [5, 5.41) is 1.14. The van der Waals surface area contributed by atoms with Crippen molar-refractivity contribution in [3.63, 3.8) is 0 Å². The van der Waals surface area contributed by atoms with Crippen molar-refractivity contribution in [1.29, 1.82) is 0 Å². The van der Waals surface area contributed by atoms with Gasteiger partial charge in [0, 0.05) is 36.1 Å². The van der Waals surface area contributed by atoms with Gasteiger partial charge in [-0.3, -0.25) is 14.7 Å². The number of carbonyl (C=O) groups excluding carboxylic acids is 1. The van der Waals surface area contributed by atoms with Crippen LogP contribution in [0.15, 0.2) is 65.8 Å². The third-order valence-electron chi connectivity index (χ3n) is 5.86. The number of carbonyl (C=O) groups is 1. The summed E-state index contributed by atoms with van der Waals surface area (Å²) in [4.78, 5) is 24.5. The Bertz CT molecular complexity index is 1480. The molecule has 2 aromatic heterocycles. The molecule has 0 saturated heterocycles. The van der Waals surface area contributed by atoms with E-state index in [1.165, 1.54) is 27.8 Å². The van der Waals surface area contributed by atoms with Crippen molar-refractivity contribution in [3.05, 3.63) is 82.6 Å². The Morgan fingerprint density at radius 3 is 2.38 bits per heavy atom. The number of anilines is 1. The van der Waals surface area contributed by atoms with Crippen molar-refractivity contribution < 1.29 is 13.2 Å². The normalized spacial score (nSPS) is 11.8. The maximum atomic E-state index is 13.8. The van der Waals surface area contributed by atoms with Gasteiger partial charge in [0.15, 0.2) is 5.13 Å². The molecule has 1 amide bonds. The number of nitrogens with zero attached hydrogens (tertiary/aromatic N) is 4. The third kappa shape index (κ3) is 6.01. The van der Waals surface area contributed by atoms with Crippen LogP contribution in [0.25, 0.3) is 10.2 Å². The van der Waals surface area contributed by atoms with Crippen LogP contribution < -0.4 is 4.90 Å². The molecule has 0 fully saturated rings. The second kappa shape index (κ2) is 11.7. The number of fused-ring (bicyclic) bond motifs is 1. The van der Waals surface area contributed by atoms with Gasteiger partial charge >= 0.3 is 0 Å². The zero-order valence-corrected chi connectivity index (χ0v) is 23.4. The van der Waals surface area contributed by atoms with Gasteiger partial charge in [-0.2, -0.15) is 4.31 Å². The first-order valence-corrected chi connectivity index (χ1v) is 14.8. The highest BCUT2D eigenvalue weighted by molar-refractivity contribution is 7.89. The van der Waals surface area contributed by atoms with E-state index in [0.29, 0.717) is 28.8 Å². The van der Waals surface area contributed by atoms with Crippen molar-refractivity contribution in [2.45, 2.75) is 45.1 Å². The molecule has 4 rings (SSSR count). The number of hydrogen-bond acceptors (Lipinski definition) is 6. The van der Waals surface area contributed by atoms with Crippen LogP contribution >= 0.6 is 22.9 Å². The predicted molar refractivity (Wildman–Crippen MR) is 150 cm³/mol.